The zero-order chi connectivity index (χ0) is 21.4. The number of rotatable bonds is 4. The van der Waals surface area contributed by atoms with E-state index in [9.17, 15) is 9.90 Å². The maximum absolute atomic E-state index is 12.5. The lowest BCUT2D eigenvalue weighted by molar-refractivity contribution is -0.186. The second-order valence-electron chi connectivity index (χ2n) is 9.11. The maximum Gasteiger partial charge on any atom is 0.251 e. The number of nitrogens with zero attached hydrogens (tertiary/aromatic N) is 3. The van der Waals surface area contributed by atoms with Gasteiger partial charge in [-0.25, -0.2) is 0 Å². The molecular weight excluding hydrogens is 380 g/mol. The smallest absolute Gasteiger partial charge is 0.251 e. The third-order valence-electron chi connectivity index (χ3n) is 6.60. The van der Waals surface area contributed by atoms with Gasteiger partial charge in [-0.05, 0) is 38.8 Å². The Bertz CT molecular complexity index is 885. The molecule has 2 aliphatic heterocycles. The van der Waals surface area contributed by atoms with Gasteiger partial charge in [0, 0.05) is 50.4 Å². The Balaban J connectivity index is 1.34. The largest absolute Gasteiger partial charge is 0.388 e. The van der Waals surface area contributed by atoms with Crippen molar-refractivity contribution in [3.8, 4) is 0 Å². The molecule has 2 N–H and O–H groups in total. The molecule has 1 aromatic heterocycles. The van der Waals surface area contributed by atoms with Gasteiger partial charge in [0.15, 0.2) is 0 Å². The predicted molar refractivity (Wildman–Crippen MR) is 114 cm³/mol. The Kier molecular flexibility index (Phi) is 5.70. The Hall–Kier alpha value is -2.22. The molecule has 0 saturated carbocycles. The monoisotopic (exact) mass is 412 g/mol. The lowest BCUT2D eigenvalue weighted by Crippen LogP contribution is -2.63. The van der Waals surface area contributed by atoms with E-state index in [1.807, 2.05) is 43.8 Å². The summed E-state index contributed by atoms with van der Waals surface area (Å²) in [7, 11) is 1.95. The highest BCUT2D eigenvalue weighted by Gasteiger charge is 2.49. The molecule has 2 aliphatic rings. The van der Waals surface area contributed by atoms with Crippen molar-refractivity contribution in [1.29, 1.82) is 0 Å². The number of piperidine rings is 1. The molecule has 2 fully saturated rings. The zero-order valence-corrected chi connectivity index (χ0v) is 18.1. The number of amides is 1. The van der Waals surface area contributed by atoms with E-state index in [0.29, 0.717) is 18.6 Å². The number of ether oxygens (including phenoxy) is 1. The van der Waals surface area contributed by atoms with Crippen LogP contribution in [-0.2, 0) is 18.3 Å². The molecular formula is C23H32N4O3. The number of likely N-dealkylation sites (tertiary alicyclic amines) is 1. The molecule has 4 rings (SSSR count). The van der Waals surface area contributed by atoms with E-state index >= 15 is 0 Å². The summed E-state index contributed by atoms with van der Waals surface area (Å²) in [4.78, 5) is 15.0. The topological polar surface area (TPSA) is 79.6 Å². The molecule has 162 valence electrons. The molecule has 7 heteroatoms. The summed E-state index contributed by atoms with van der Waals surface area (Å²) >= 11 is 0. The minimum absolute atomic E-state index is 0.179. The summed E-state index contributed by atoms with van der Waals surface area (Å²) in [6, 6.07) is 8.67. The van der Waals surface area contributed by atoms with E-state index < -0.39 is 11.6 Å². The van der Waals surface area contributed by atoms with E-state index in [0.717, 1.165) is 38.2 Å². The molecule has 2 atom stereocenters. The standard InChI is InChI=1S/C23H32N4O3/c1-17-19(13-26(3)25-17)14-27-11-9-23(10-12-27)16-22(2,29)20(15-30-23)24-21(28)18-7-5-4-6-8-18/h4-8,13,20,29H,9-12,14-16H2,1-3H3,(H,24,28)/t20-,22-/m0/s1. The normalized spacial score (nSPS) is 26.6. The van der Waals surface area contributed by atoms with Crippen LogP contribution in [0, 0.1) is 6.92 Å². The quantitative estimate of drug-likeness (QED) is 0.803. The first-order valence-electron chi connectivity index (χ1n) is 10.7. The number of nitrogens with one attached hydrogen (secondary N) is 1. The van der Waals surface area contributed by atoms with Crippen molar-refractivity contribution in [2.24, 2.45) is 7.05 Å². The summed E-state index contributed by atoms with van der Waals surface area (Å²) in [6.45, 7) is 6.93. The van der Waals surface area contributed by atoms with Crippen molar-refractivity contribution >= 4 is 5.91 Å². The fraction of sp³-hybridized carbons (Fsp3) is 0.565. The number of benzene rings is 1. The first kappa shape index (κ1) is 21.0. The minimum atomic E-state index is -1.01. The molecule has 2 aromatic rings. The van der Waals surface area contributed by atoms with Crippen LogP contribution in [0.1, 0.15) is 47.8 Å². The number of carbonyl (C=O) groups excluding carboxylic acids is 1. The predicted octanol–water partition coefficient (Wildman–Crippen LogP) is 2.03. The van der Waals surface area contributed by atoms with Gasteiger partial charge in [-0.2, -0.15) is 5.10 Å². The van der Waals surface area contributed by atoms with E-state index in [-0.39, 0.29) is 11.5 Å². The van der Waals surface area contributed by atoms with Crippen LogP contribution in [-0.4, -0.2) is 62.6 Å². The van der Waals surface area contributed by atoms with Crippen LogP contribution in [0.3, 0.4) is 0 Å². The van der Waals surface area contributed by atoms with Gasteiger partial charge < -0.3 is 15.2 Å². The van der Waals surface area contributed by atoms with Crippen LogP contribution in [0.25, 0.3) is 0 Å². The van der Waals surface area contributed by atoms with E-state index in [2.05, 4.69) is 21.5 Å². The summed E-state index contributed by atoms with van der Waals surface area (Å²) in [6.07, 6.45) is 4.37. The third-order valence-corrected chi connectivity index (χ3v) is 6.60. The molecule has 1 spiro atoms. The fourth-order valence-electron chi connectivity index (χ4n) is 4.78. The SMILES string of the molecule is Cc1nn(C)cc1CN1CCC2(CC1)C[C@](C)(O)[C@@H](NC(=O)c1ccccc1)CO2. The summed E-state index contributed by atoms with van der Waals surface area (Å²) in [5, 5.41) is 18.6. The minimum Gasteiger partial charge on any atom is -0.388 e. The molecule has 3 heterocycles. The average molecular weight is 413 g/mol. The number of hydrogen-bond acceptors (Lipinski definition) is 5. The molecule has 1 aromatic carbocycles. The zero-order valence-electron chi connectivity index (χ0n) is 18.1. The Morgan fingerprint density at radius 3 is 2.60 bits per heavy atom. The molecule has 0 aliphatic carbocycles. The van der Waals surface area contributed by atoms with Gasteiger partial charge in [-0.15, -0.1) is 0 Å². The Morgan fingerprint density at radius 2 is 2.00 bits per heavy atom. The van der Waals surface area contributed by atoms with Crippen molar-refractivity contribution < 1.29 is 14.6 Å². The third kappa shape index (κ3) is 4.43. The molecule has 0 radical (unpaired) electrons. The van der Waals surface area contributed by atoms with Gasteiger partial charge in [-0.3, -0.25) is 14.4 Å². The Labute approximate surface area is 178 Å². The highest BCUT2D eigenvalue weighted by atomic mass is 16.5. The maximum atomic E-state index is 12.5. The molecule has 30 heavy (non-hydrogen) atoms. The number of aliphatic hydroxyl groups is 1. The molecule has 7 nitrogen and oxygen atoms in total. The van der Waals surface area contributed by atoms with Gasteiger partial charge in [0.1, 0.15) is 0 Å². The average Bonchev–Trinajstić information content (AvgIpc) is 3.03. The second kappa shape index (κ2) is 8.13. The van der Waals surface area contributed by atoms with Gasteiger partial charge in [0.25, 0.3) is 5.91 Å². The Morgan fingerprint density at radius 1 is 1.30 bits per heavy atom. The molecule has 0 unspecified atom stereocenters. The van der Waals surface area contributed by atoms with Crippen molar-refractivity contribution in [2.75, 3.05) is 19.7 Å². The number of aryl methyl sites for hydroxylation is 2. The highest BCUT2D eigenvalue weighted by molar-refractivity contribution is 5.94. The second-order valence-corrected chi connectivity index (χ2v) is 9.11. The van der Waals surface area contributed by atoms with Crippen LogP contribution in [0.4, 0.5) is 0 Å². The number of aromatic nitrogens is 2. The highest BCUT2D eigenvalue weighted by Crippen LogP contribution is 2.40. The lowest BCUT2D eigenvalue weighted by Gasteiger charge is -2.51. The van der Waals surface area contributed by atoms with Gasteiger partial charge in [0.2, 0.25) is 0 Å². The van der Waals surface area contributed by atoms with Crippen LogP contribution in [0.5, 0.6) is 0 Å². The van der Waals surface area contributed by atoms with E-state index in [4.69, 9.17) is 4.74 Å². The van der Waals surface area contributed by atoms with Crippen molar-refractivity contribution in [1.82, 2.24) is 20.0 Å². The summed E-state index contributed by atoms with van der Waals surface area (Å²) in [5.41, 5.74) is 1.59. The van der Waals surface area contributed by atoms with Crippen LogP contribution < -0.4 is 5.32 Å². The van der Waals surface area contributed by atoms with Crippen LogP contribution in [0.2, 0.25) is 0 Å². The molecule has 0 bridgehead atoms. The van der Waals surface area contributed by atoms with Crippen molar-refractivity contribution in [3.05, 3.63) is 53.3 Å². The van der Waals surface area contributed by atoms with Gasteiger partial charge >= 0.3 is 0 Å². The van der Waals surface area contributed by atoms with Crippen LogP contribution >= 0.6 is 0 Å². The van der Waals surface area contributed by atoms with E-state index in [1.165, 1.54) is 5.56 Å². The van der Waals surface area contributed by atoms with Crippen molar-refractivity contribution in [2.45, 2.75) is 56.9 Å². The van der Waals surface area contributed by atoms with Crippen molar-refractivity contribution in [3.63, 3.8) is 0 Å². The summed E-state index contributed by atoms with van der Waals surface area (Å²) in [5.74, 6) is -0.179. The lowest BCUT2D eigenvalue weighted by atomic mass is 9.75. The molecule has 2 saturated heterocycles. The van der Waals surface area contributed by atoms with Gasteiger partial charge in [-0.1, -0.05) is 18.2 Å². The summed E-state index contributed by atoms with van der Waals surface area (Å²) < 4.78 is 8.16. The first-order chi connectivity index (χ1) is 14.3. The van der Waals surface area contributed by atoms with Gasteiger partial charge in [0.05, 0.1) is 29.5 Å². The first-order valence-corrected chi connectivity index (χ1v) is 10.7. The molecule has 1 amide bonds. The van der Waals surface area contributed by atoms with Crippen LogP contribution in [0.15, 0.2) is 36.5 Å². The fourth-order valence-corrected chi connectivity index (χ4v) is 4.78. The number of carbonyl (C=O) groups is 1. The van der Waals surface area contributed by atoms with E-state index in [1.54, 1.807) is 12.1 Å². The number of hydrogen-bond donors (Lipinski definition) is 2.